The molecule has 1 amide bonds. The Morgan fingerprint density at radius 2 is 2.36 bits per heavy atom. The van der Waals surface area contributed by atoms with Crippen LogP contribution in [0.2, 0.25) is 0 Å². The lowest BCUT2D eigenvalue weighted by atomic mass is 10.1. The molecule has 0 radical (unpaired) electrons. The highest BCUT2D eigenvalue weighted by Crippen LogP contribution is 2.32. The summed E-state index contributed by atoms with van der Waals surface area (Å²) in [6, 6.07) is 5.52. The second-order valence-corrected chi connectivity index (χ2v) is 6.70. The van der Waals surface area contributed by atoms with Crippen LogP contribution in [-0.4, -0.2) is 28.5 Å². The van der Waals surface area contributed by atoms with Crippen molar-refractivity contribution in [1.82, 2.24) is 10.3 Å². The maximum Gasteiger partial charge on any atom is 0.231 e. The van der Waals surface area contributed by atoms with Gasteiger partial charge in [-0.1, -0.05) is 31.2 Å². The van der Waals surface area contributed by atoms with Crippen LogP contribution in [0.3, 0.4) is 0 Å². The standard InChI is InChI=1S/C16H22N4OS/c1-12-6-7-13(9-12)11-22-16(20-17-2)19-15(21)10-14-5-3-4-8-18-14/h3-5,8,12-13H,2,6-7,9-11H2,1H3,(H,19,20,21). The van der Waals surface area contributed by atoms with Gasteiger partial charge in [0.15, 0.2) is 5.17 Å². The van der Waals surface area contributed by atoms with Gasteiger partial charge >= 0.3 is 0 Å². The Labute approximate surface area is 135 Å². The average Bonchev–Trinajstić information content (AvgIpc) is 2.91. The first-order valence-electron chi connectivity index (χ1n) is 7.53. The SMILES string of the molecule is C=N/N=C(/NC(=O)Cc1ccccn1)SCC1CCC(C)C1. The molecule has 22 heavy (non-hydrogen) atoms. The first-order chi connectivity index (χ1) is 10.7. The molecule has 2 rings (SSSR count). The van der Waals surface area contributed by atoms with Gasteiger partial charge < -0.3 is 5.32 Å². The van der Waals surface area contributed by atoms with Crippen LogP contribution in [0.4, 0.5) is 0 Å². The number of amides is 1. The van der Waals surface area contributed by atoms with E-state index in [-0.39, 0.29) is 12.3 Å². The van der Waals surface area contributed by atoms with Crippen molar-refractivity contribution >= 4 is 29.6 Å². The number of pyridine rings is 1. The van der Waals surface area contributed by atoms with Crippen molar-refractivity contribution in [3.63, 3.8) is 0 Å². The lowest BCUT2D eigenvalue weighted by molar-refractivity contribution is -0.119. The predicted molar refractivity (Wildman–Crippen MR) is 92.0 cm³/mol. The summed E-state index contributed by atoms with van der Waals surface area (Å²) in [5.74, 6) is 2.33. The summed E-state index contributed by atoms with van der Waals surface area (Å²) in [5.41, 5.74) is 0.737. The van der Waals surface area contributed by atoms with Gasteiger partial charge in [-0.3, -0.25) is 9.78 Å². The maximum absolute atomic E-state index is 12.0. The van der Waals surface area contributed by atoms with Gasteiger partial charge in [0.05, 0.1) is 6.42 Å². The number of rotatable bonds is 5. The fourth-order valence-corrected chi connectivity index (χ4v) is 3.66. The number of nitrogens with one attached hydrogen (secondary N) is 1. The van der Waals surface area contributed by atoms with E-state index in [0.29, 0.717) is 11.1 Å². The van der Waals surface area contributed by atoms with Gasteiger partial charge in [-0.15, -0.1) is 5.10 Å². The van der Waals surface area contributed by atoms with Crippen molar-refractivity contribution in [3.05, 3.63) is 30.1 Å². The zero-order valence-corrected chi connectivity index (χ0v) is 13.7. The summed E-state index contributed by atoms with van der Waals surface area (Å²) in [5, 5.41) is 10.8. The molecule has 0 spiro atoms. The van der Waals surface area contributed by atoms with Crippen molar-refractivity contribution in [3.8, 4) is 0 Å². The normalized spacial score (nSPS) is 21.6. The highest BCUT2D eigenvalue weighted by atomic mass is 32.2. The van der Waals surface area contributed by atoms with Crippen molar-refractivity contribution in [2.75, 3.05) is 5.75 Å². The minimum Gasteiger partial charge on any atom is -0.303 e. The minimum atomic E-state index is -0.131. The molecule has 1 aromatic rings. The summed E-state index contributed by atoms with van der Waals surface area (Å²) >= 11 is 1.55. The quantitative estimate of drug-likeness (QED) is 0.516. The topological polar surface area (TPSA) is 66.7 Å². The third kappa shape index (κ3) is 5.60. The van der Waals surface area contributed by atoms with E-state index in [1.54, 1.807) is 18.0 Å². The van der Waals surface area contributed by atoms with E-state index >= 15 is 0 Å². The molecular formula is C16H22N4OS. The van der Waals surface area contributed by atoms with Gasteiger partial charge in [-0.05, 0) is 36.8 Å². The molecule has 0 aromatic carbocycles. The largest absolute Gasteiger partial charge is 0.303 e. The van der Waals surface area contributed by atoms with Gasteiger partial charge in [0, 0.05) is 24.4 Å². The molecule has 1 fully saturated rings. The van der Waals surface area contributed by atoms with Crippen molar-refractivity contribution < 1.29 is 4.79 Å². The van der Waals surface area contributed by atoms with Crippen LogP contribution in [0, 0.1) is 11.8 Å². The lowest BCUT2D eigenvalue weighted by Crippen LogP contribution is -2.30. The molecule has 2 unspecified atom stereocenters. The van der Waals surface area contributed by atoms with Crippen LogP contribution < -0.4 is 5.32 Å². The first kappa shape index (κ1) is 16.7. The van der Waals surface area contributed by atoms with E-state index < -0.39 is 0 Å². The Kier molecular flexibility index (Phi) is 6.58. The molecule has 118 valence electrons. The number of aromatic nitrogens is 1. The van der Waals surface area contributed by atoms with Gasteiger partial charge in [0.1, 0.15) is 0 Å². The number of hydrogen-bond acceptors (Lipinski definition) is 5. The van der Waals surface area contributed by atoms with E-state index in [4.69, 9.17) is 0 Å². The van der Waals surface area contributed by atoms with Crippen molar-refractivity contribution in [2.24, 2.45) is 22.0 Å². The molecule has 2 atom stereocenters. The van der Waals surface area contributed by atoms with E-state index in [2.05, 4.69) is 34.1 Å². The van der Waals surface area contributed by atoms with Crippen LogP contribution >= 0.6 is 11.8 Å². The Balaban J connectivity index is 1.82. The predicted octanol–water partition coefficient (Wildman–Crippen LogP) is 2.88. The Bertz CT molecular complexity index is 532. The number of amidine groups is 1. The van der Waals surface area contributed by atoms with E-state index in [0.717, 1.165) is 17.4 Å². The van der Waals surface area contributed by atoms with Crippen LogP contribution in [0.25, 0.3) is 0 Å². The molecular weight excluding hydrogens is 296 g/mol. The molecule has 1 heterocycles. The molecule has 5 nitrogen and oxygen atoms in total. The van der Waals surface area contributed by atoms with Gasteiger partial charge in [0.2, 0.25) is 5.91 Å². The van der Waals surface area contributed by atoms with E-state index in [9.17, 15) is 4.79 Å². The summed E-state index contributed by atoms with van der Waals surface area (Å²) in [7, 11) is 0. The number of nitrogens with zero attached hydrogens (tertiary/aromatic N) is 3. The molecule has 1 aliphatic rings. The molecule has 1 aromatic heterocycles. The maximum atomic E-state index is 12.0. The second-order valence-electron chi connectivity index (χ2n) is 5.69. The van der Waals surface area contributed by atoms with E-state index in [1.807, 2.05) is 18.2 Å². The molecule has 6 heteroatoms. The Morgan fingerprint density at radius 1 is 1.50 bits per heavy atom. The minimum absolute atomic E-state index is 0.131. The number of carbonyl (C=O) groups excluding carboxylic acids is 1. The molecule has 0 aliphatic heterocycles. The summed E-state index contributed by atoms with van der Waals surface area (Å²) in [4.78, 5) is 16.2. The van der Waals surface area contributed by atoms with Crippen LogP contribution in [0.15, 0.2) is 34.6 Å². The first-order valence-corrected chi connectivity index (χ1v) is 8.52. The number of carbonyl (C=O) groups is 1. The Hall–Kier alpha value is -1.69. The summed E-state index contributed by atoms with van der Waals surface area (Å²) in [6.45, 7) is 5.66. The molecule has 0 saturated heterocycles. The summed E-state index contributed by atoms with van der Waals surface area (Å²) < 4.78 is 0. The van der Waals surface area contributed by atoms with Gasteiger partial charge in [-0.2, -0.15) is 5.10 Å². The molecule has 1 saturated carbocycles. The molecule has 0 bridgehead atoms. The monoisotopic (exact) mass is 318 g/mol. The zero-order valence-electron chi connectivity index (χ0n) is 12.9. The highest BCUT2D eigenvalue weighted by Gasteiger charge is 2.22. The molecule has 1 N–H and O–H groups in total. The third-order valence-electron chi connectivity index (χ3n) is 3.73. The molecule has 1 aliphatic carbocycles. The van der Waals surface area contributed by atoms with Crippen LogP contribution in [0.1, 0.15) is 31.9 Å². The summed E-state index contributed by atoms with van der Waals surface area (Å²) in [6.07, 6.45) is 5.72. The average molecular weight is 318 g/mol. The van der Waals surface area contributed by atoms with Crippen molar-refractivity contribution in [2.45, 2.75) is 32.6 Å². The van der Waals surface area contributed by atoms with E-state index in [1.165, 1.54) is 19.3 Å². The lowest BCUT2D eigenvalue weighted by Gasteiger charge is -2.11. The third-order valence-corrected chi connectivity index (χ3v) is 4.83. The fraction of sp³-hybridized carbons (Fsp3) is 0.500. The second kappa shape index (κ2) is 8.68. The smallest absolute Gasteiger partial charge is 0.231 e. The van der Waals surface area contributed by atoms with Crippen molar-refractivity contribution in [1.29, 1.82) is 0 Å². The number of thioether (sulfide) groups is 1. The van der Waals surface area contributed by atoms with Crippen LogP contribution in [0.5, 0.6) is 0 Å². The van der Waals surface area contributed by atoms with Gasteiger partial charge in [0.25, 0.3) is 0 Å². The number of hydrogen-bond donors (Lipinski definition) is 1. The fourth-order valence-electron chi connectivity index (χ4n) is 2.66. The zero-order chi connectivity index (χ0) is 15.8. The highest BCUT2D eigenvalue weighted by molar-refractivity contribution is 8.13. The van der Waals surface area contributed by atoms with Gasteiger partial charge in [-0.25, -0.2) is 0 Å². The van der Waals surface area contributed by atoms with Crippen LogP contribution in [-0.2, 0) is 11.2 Å². The Morgan fingerprint density at radius 3 is 3.00 bits per heavy atom.